The number of hydrogen-bond donors (Lipinski definition) is 1. The maximum absolute atomic E-state index is 10.5. The van der Waals surface area contributed by atoms with E-state index >= 15 is 0 Å². The molecular formula is C9H9NOU. The van der Waals surface area contributed by atoms with Crippen LogP contribution in [0, 0.1) is 51.0 Å². The Balaban J connectivity index is 0.00000121. The monoisotopic (exact) mass is 385 g/mol. The summed E-state index contributed by atoms with van der Waals surface area (Å²) < 4.78 is 0. The summed E-state index contributed by atoms with van der Waals surface area (Å²) in [5.74, 6) is -0.315. The van der Waals surface area contributed by atoms with E-state index in [0.717, 1.165) is 5.56 Å². The molecule has 3 heteroatoms. The van der Waals surface area contributed by atoms with Crippen molar-refractivity contribution in [1.82, 2.24) is 0 Å². The molecule has 0 unspecified atom stereocenters. The second-order valence-electron chi connectivity index (χ2n) is 2.33. The van der Waals surface area contributed by atoms with Crippen LogP contribution in [0.15, 0.2) is 18.2 Å². The van der Waals surface area contributed by atoms with Gasteiger partial charge in [0.15, 0.2) is 0 Å². The SMILES string of the molecule is [CH2-]C(=O)Nc1[c-]cc(C)cc1.[U+2]. The molecule has 0 saturated carbocycles. The topological polar surface area (TPSA) is 29.1 Å². The van der Waals surface area contributed by atoms with Crippen LogP contribution in [0.1, 0.15) is 5.56 Å². The van der Waals surface area contributed by atoms with Crippen molar-refractivity contribution in [3.63, 3.8) is 0 Å². The number of amides is 1. The van der Waals surface area contributed by atoms with Crippen LogP contribution in [0.25, 0.3) is 0 Å². The standard InChI is InChI=1S/C9H9NO.U/c1-7-3-5-9(6-4-7)10-8(2)11;/h3-5H,2H2,1H3,(H,10,11);/q-2;+2. The van der Waals surface area contributed by atoms with Crippen molar-refractivity contribution in [1.29, 1.82) is 0 Å². The summed E-state index contributed by atoms with van der Waals surface area (Å²) in [6, 6.07) is 8.40. The molecule has 0 aliphatic rings. The van der Waals surface area contributed by atoms with Crippen LogP contribution < -0.4 is 5.32 Å². The van der Waals surface area contributed by atoms with Crippen LogP contribution in [0.2, 0.25) is 0 Å². The summed E-state index contributed by atoms with van der Waals surface area (Å²) in [5, 5.41) is 2.53. The van der Waals surface area contributed by atoms with Gasteiger partial charge in [-0.1, -0.05) is 12.6 Å². The summed E-state index contributed by atoms with van der Waals surface area (Å²) in [5.41, 5.74) is 1.78. The van der Waals surface area contributed by atoms with Gasteiger partial charge in [-0.2, -0.15) is 23.8 Å². The zero-order valence-corrected chi connectivity index (χ0v) is 11.0. The van der Waals surface area contributed by atoms with Gasteiger partial charge >= 0.3 is 31.1 Å². The predicted molar refractivity (Wildman–Crippen MR) is 44.0 cm³/mol. The van der Waals surface area contributed by atoms with E-state index in [1.807, 2.05) is 19.1 Å². The molecule has 0 aromatic heterocycles. The maximum atomic E-state index is 10.5. The Kier molecular flexibility index (Phi) is 5.12. The normalized spacial score (nSPS) is 8.42. The first kappa shape index (κ1) is 11.6. The fraction of sp³-hybridized carbons (Fsp3) is 0.111. The average Bonchev–Trinajstić information content (AvgIpc) is 1.93. The zero-order valence-electron chi connectivity index (χ0n) is 6.85. The van der Waals surface area contributed by atoms with Crippen molar-refractivity contribution in [3.8, 4) is 0 Å². The van der Waals surface area contributed by atoms with Crippen molar-refractivity contribution >= 4 is 11.6 Å². The number of rotatable bonds is 1. The average molecular weight is 385 g/mol. The van der Waals surface area contributed by atoms with Crippen LogP contribution in [0.4, 0.5) is 5.69 Å². The molecular weight excluding hydrogens is 376 g/mol. The Morgan fingerprint density at radius 1 is 1.58 bits per heavy atom. The minimum atomic E-state index is -0.315. The van der Waals surface area contributed by atoms with Gasteiger partial charge in [0.2, 0.25) is 0 Å². The van der Waals surface area contributed by atoms with E-state index in [1.165, 1.54) is 0 Å². The molecule has 0 saturated heterocycles. The van der Waals surface area contributed by atoms with Gasteiger partial charge in [-0.05, 0) is 0 Å². The molecule has 0 fully saturated rings. The van der Waals surface area contributed by atoms with Gasteiger partial charge in [-0.15, -0.1) is 6.07 Å². The molecule has 1 amide bonds. The van der Waals surface area contributed by atoms with Gasteiger partial charge in [0, 0.05) is 0 Å². The van der Waals surface area contributed by atoms with E-state index in [-0.39, 0.29) is 37.0 Å². The first-order chi connectivity index (χ1) is 5.18. The molecule has 1 aromatic rings. The molecule has 0 heterocycles. The van der Waals surface area contributed by atoms with E-state index in [0.29, 0.717) is 5.69 Å². The van der Waals surface area contributed by atoms with Crippen molar-refractivity contribution in [2.45, 2.75) is 6.92 Å². The quantitative estimate of drug-likeness (QED) is 0.731. The first-order valence-electron chi connectivity index (χ1n) is 3.30. The van der Waals surface area contributed by atoms with Crippen LogP contribution in [0.3, 0.4) is 0 Å². The molecule has 1 rings (SSSR count). The third-order valence-corrected chi connectivity index (χ3v) is 1.24. The van der Waals surface area contributed by atoms with Gasteiger partial charge in [-0.3, -0.25) is 0 Å². The van der Waals surface area contributed by atoms with Crippen molar-refractivity contribution in [2.24, 2.45) is 0 Å². The van der Waals surface area contributed by atoms with Gasteiger partial charge in [0.1, 0.15) is 0 Å². The minimum absolute atomic E-state index is 0. The Morgan fingerprint density at radius 2 is 2.25 bits per heavy atom. The number of carbonyl (C=O) groups is 1. The second kappa shape index (κ2) is 5.29. The van der Waals surface area contributed by atoms with E-state index < -0.39 is 0 Å². The summed E-state index contributed by atoms with van der Waals surface area (Å²) in [6.45, 7) is 5.15. The first-order valence-corrected chi connectivity index (χ1v) is 3.30. The maximum Gasteiger partial charge on any atom is 2.00 e. The van der Waals surface area contributed by atoms with Gasteiger partial charge in [0.05, 0.1) is 5.91 Å². The Labute approximate surface area is 96.1 Å². The smallest absolute Gasteiger partial charge is 0.375 e. The molecule has 0 spiro atoms. The number of anilines is 1. The van der Waals surface area contributed by atoms with Crippen molar-refractivity contribution < 1.29 is 35.9 Å². The van der Waals surface area contributed by atoms with Crippen molar-refractivity contribution in [3.05, 3.63) is 36.8 Å². The van der Waals surface area contributed by atoms with Gasteiger partial charge < -0.3 is 17.0 Å². The van der Waals surface area contributed by atoms with Crippen LogP contribution >= 0.6 is 0 Å². The van der Waals surface area contributed by atoms with Crippen LogP contribution in [-0.4, -0.2) is 5.91 Å². The van der Waals surface area contributed by atoms with Crippen molar-refractivity contribution in [2.75, 3.05) is 5.32 Å². The summed E-state index contributed by atoms with van der Waals surface area (Å²) in [6.07, 6.45) is 0. The molecule has 0 bridgehead atoms. The Morgan fingerprint density at radius 3 is 2.67 bits per heavy atom. The molecule has 2 nitrogen and oxygen atoms in total. The second-order valence-corrected chi connectivity index (χ2v) is 2.33. The van der Waals surface area contributed by atoms with Crippen LogP contribution in [-0.2, 0) is 4.79 Å². The zero-order chi connectivity index (χ0) is 8.27. The van der Waals surface area contributed by atoms with E-state index in [9.17, 15) is 4.79 Å². The molecule has 0 aliphatic carbocycles. The van der Waals surface area contributed by atoms with Gasteiger partial charge in [0.25, 0.3) is 0 Å². The number of hydrogen-bond acceptors (Lipinski definition) is 1. The molecule has 12 heavy (non-hydrogen) atoms. The van der Waals surface area contributed by atoms with Crippen LogP contribution in [0.5, 0.6) is 0 Å². The fourth-order valence-corrected chi connectivity index (χ4v) is 0.731. The van der Waals surface area contributed by atoms with E-state index in [1.54, 1.807) is 6.07 Å². The fourth-order valence-electron chi connectivity index (χ4n) is 0.731. The molecule has 60 valence electrons. The predicted octanol–water partition coefficient (Wildman–Crippen LogP) is 1.57. The summed E-state index contributed by atoms with van der Waals surface area (Å²) in [7, 11) is 0. The molecule has 1 N–H and O–H groups in total. The number of aryl methyl sites for hydroxylation is 1. The molecule has 0 atom stereocenters. The van der Waals surface area contributed by atoms with Gasteiger partial charge in [-0.25, -0.2) is 0 Å². The minimum Gasteiger partial charge on any atom is -0.375 e. The number of benzene rings is 1. The third-order valence-electron chi connectivity index (χ3n) is 1.24. The number of carbonyl (C=O) groups excluding carboxylic acids is 1. The molecule has 1 aromatic carbocycles. The number of nitrogens with one attached hydrogen (secondary N) is 1. The Hall–Kier alpha value is -0.388. The summed E-state index contributed by atoms with van der Waals surface area (Å²) in [4.78, 5) is 10.5. The molecule has 0 aliphatic heterocycles. The largest absolute Gasteiger partial charge is 2.00 e. The Bertz CT molecular complexity index is 256. The summed E-state index contributed by atoms with van der Waals surface area (Å²) >= 11 is 0. The van der Waals surface area contributed by atoms with E-state index in [2.05, 4.69) is 18.3 Å². The third kappa shape index (κ3) is 3.85. The van der Waals surface area contributed by atoms with E-state index in [4.69, 9.17) is 0 Å². The molecule has 0 radical (unpaired) electrons.